The average Bonchev–Trinajstić information content (AvgIpc) is 2.67. The third kappa shape index (κ3) is 3.79. The van der Waals surface area contributed by atoms with Gasteiger partial charge in [-0.3, -0.25) is 4.79 Å². The predicted octanol–water partition coefficient (Wildman–Crippen LogP) is 2.43. The third-order valence-electron chi connectivity index (χ3n) is 2.94. The van der Waals surface area contributed by atoms with Crippen molar-refractivity contribution in [1.29, 1.82) is 0 Å². The van der Waals surface area contributed by atoms with Gasteiger partial charge in [0.05, 0.1) is 0 Å². The van der Waals surface area contributed by atoms with Gasteiger partial charge in [-0.25, -0.2) is 4.98 Å². The van der Waals surface area contributed by atoms with E-state index in [1.165, 1.54) is 0 Å². The van der Waals surface area contributed by atoms with Gasteiger partial charge in [0.2, 0.25) is 0 Å². The number of carboxylic acid groups (broad SMARTS) is 1. The van der Waals surface area contributed by atoms with E-state index >= 15 is 0 Å². The Hall–Kier alpha value is -1.88. The number of hydrogen-bond acceptors (Lipinski definition) is 4. The lowest BCUT2D eigenvalue weighted by Crippen LogP contribution is -2.19. The van der Waals surface area contributed by atoms with E-state index in [0.717, 1.165) is 29.8 Å². The molecule has 0 amide bonds. The van der Waals surface area contributed by atoms with Crippen molar-refractivity contribution in [2.45, 2.75) is 26.3 Å². The van der Waals surface area contributed by atoms with Gasteiger partial charge in [-0.15, -0.1) is 0 Å². The highest BCUT2D eigenvalue weighted by Crippen LogP contribution is 2.17. The van der Waals surface area contributed by atoms with Crippen molar-refractivity contribution in [1.82, 2.24) is 9.88 Å². The fraction of sp³-hybridized carbons (Fsp3) is 0.429. The highest BCUT2D eigenvalue weighted by molar-refractivity contribution is 5.73. The quantitative estimate of drug-likeness (QED) is 0.866. The van der Waals surface area contributed by atoms with Gasteiger partial charge in [0.25, 0.3) is 0 Å². The number of carboxylic acids is 1. The largest absolute Gasteiger partial charge is 0.481 e. The van der Waals surface area contributed by atoms with Crippen LogP contribution in [0.1, 0.15) is 24.3 Å². The summed E-state index contributed by atoms with van der Waals surface area (Å²) in [5.74, 6) is -0.0742. The Morgan fingerprint density at radius 1 is 1.47 bits per heavy atom. The molecule has 5 nitrogen and oxygen atoms in total. The number of aromatic nitrogens is 1. The summed E-state index contributed by atoms with van der Waals surface area (Å²) in [6, 6.07) is 5.95. The Morgan fingerprint density at radius 3 is 3.00 bits per heavy atom. The molecule has 0 saturated carbocycles. The van der Waals surface area contributed by atoms with Crippen LogP contribution >= 0.6 is 0 Å². The average molecular weight is 262 g/mol. The molecular weight excluding hydrogens is 244 g/mol. The van der Waals surface area contributed by atoms with Crippen LogP contribution in [0.5, 0.6) is 0 Å². The topological polar surface area (TPSA) is 66.6 Å². The summed E-state index contributed by atoms with van der Waals surface area (Å²) in [5.41, 5.74) is 2.82. The molecule has 0 aliphatic carbocycles. The molecular formula is C14H18N2O3. The standard InChI is InChI=1S/C14H18N2O3/c1-10-15-12-8-11(5-6-13(12)19-10)9-16(2)7-3-4-14(17)18/h5-6,8H,3-4,7,9H2,1-2H3,(H,17,18). The molecule has 102 valence electrons. The van der Waals surface area contributed by atoms with Crippen molar-refractivity contribution in [2.24, 2.45) is 0 Å². The Balaban J connectivity index is 1.94. The molecule has 0 bridgehead atoms. The lowest BCUT2D eigenvalue weighted by molar-refractivity contribution is -0.137. The fourth-order valence-corrected chi connectivity index (χ4v) is 2.08. The van der Waals surface area contributed by atoms with Crippen LogP contribution in [0.3, 0.4) is 0 Å². The number of carbonyl (C=O) groups is 1. The number of hydrogen-bond donors (Lipinski definition) is 1. The first-order valence-corrected chi connectivity index (χ1v) is 6.31. The fourth-order valence-electron chi connectivity index (χ4n) is 2.08. The monoisotopic (exact) mass is 262 g/mol. The molecule has 19 heavy (non-hydrogen) atoms. The Bertz CT molecular complexity index is 577. The molecule has 2 rings (SSSR count). The zero-order valence-electron chi connectivity index (χ0n) is 11.2. The molecule has 5 heteroatoms. The summed E-state index contributed by atoms with van der Waals surface area (Å²) < 4.78 is 5.43. The van der Waals surface area contributed by atoms with Crippen molar-refractivity contribution >= 4 is 17.1 Å². The minimum absolute atomic E-state index is 0.214. The highest BCUT2D eigenvalue weighted by Gasteiger charge is 2.06. The molecule has 0 atom stereocenters. The zero-order valence-corrected chi connectivity index (χ0v) is 11.2. The van der Waals surface area contributed by atoms with Crippen LogP contribution in [-0.4, -0.2) is 34.6 Å². The molecule has 0 aliphatic heterocycles. The number of rotatable bonds is 6. The Labute approximate surface area is 111 Å². The van der Waals surface area contributed by atoms with Crippen LogP contribution in [0.4, 0.5) is 0 Å². The minimum Gasteiger partial charge on any atom is -0.481 e. The van der Waals surface area contributed by atoms with Crippen LogP contribution in [-0.2, 0) is 11.3 Å². The van der Waals surface area contributed by atoms with E-state index in [9.17, 15) is 4.79 Å². The van der Waals surface area contributed by atoms with Crippen LogP contribution in [0.2, 0.25) is 0 Å². The lowest BCUT2D eigenvalue weighted by atomic mass is 10.2. The first kappa shape index (κ1) is 13.5. The van der Waals surface area contributed by atoms with Gasteiger partial charge in [0, 0.05) is 19.9 Å². The van der Waals surface area contributed by atoms with Crippen LogP contribution in [0.15, 0.2) is 22.6 Å². The van der Waals surface area contributed by atoms with Gasteiger partial charge in [-0.1, -0.05) is 6.07 Å². The number of oxazole rings is 1. The summed E-state index contributed by atoms with van der Waals surface area (Å²) in [6.07, 6.45) is 0.878. The molecule has 2 aromatic rings. The smallest absolute Gasteiger partial charge is 0.303 e. The third-order valence-corrected chi connectivity index (χ3v) is 2.94. The summed E-state index contributed by atoms with van der Waals surface area (Å²) in [7, 11) is 1.99. The summed E-state index contributed by atoms with van der Waals surface area (Å²) in [4.78, 5) is 16.9. The molecule has 0 saturated heterocycles. The second-order valence-corrected chi connectivity index (χ2v) is 4.77. The molecule has 0 spiro atoms. The van der Waals surface area contributed by atoms with Gasteiger partial charge in [0.15, 0.2) is 11.5 Å². The second kappa shape index (κ2) is 5.84. The van der Waals surface area contributed by atoms with Crippen LogP contribution in [0.25, 0.3) is 11.1 Å². The van der Waals surface area contributed by atoms with Gasteiger partial charge in [0.1, 0.15) is 5.52 Å². The molecule has 0 radical (unpaired) electrons. The Morgan fingerprint density at radius 2 is 2.26 bits per heavy atom. The van der Waals surface area contributed by atoms with Gasteiger partial charge in [-0.05, 0) is 37.7 Å². The summed E-state index contributed by atoms with van der Waals surface area (Å²) >= 11 is 0. The molecule has 0 fully saturated rings. The van der Waals surface area contributed by atoms with Gasteiger partial charge >= 0.3 is 5.97 Å². The van der Waals surface area contributed by atoms with Gasteiger partial charge < -0.3 is 14.4 Å². The van der Waals surface area contributed by atoms with E-state index in [4.69, 9.17) is 9.52 Å². The maximum absolute atomic E-state index is 10.5. The Kier molecular flexibility index (Phi) is 4.16. The molecule has 1 N–H and O–H groups in total. The summed E-state index contributed by atoms with van der Waals surface area (Å²) in [6.45, 7) is 3.38. The van der Waals surface area contributed by atoms with E-state index < -0.39 is 5.97 Å². The van der Waals surface area contributed by atoms with E-state index in [1.54, 1.807) is 0 Å². The SMILES string of the molecule is Cc1nc2cc(CN(C)CCCC(=O)O)ccc2o1. The number of benzene rings is 1. The maximum Gasteiger partial charge on any atom is 0.303 e. The molecule has 1 aromatic heterocycles. The molecule has 1 heterocycles. The first-order valence-electron chi connectivity index (χ1n) is 6.31. The highest BCUT2D eigenvalue weighted by atomic mass is 16.4. The van der Waals surface area contributed by atoms with Crippen molar-refractivity contribution in [3.05, 3.63) is 29.7 Å². The predicted molar refractivity (Wildman–Crippen MR) is 71.9 cm³/mol. The first-order chi connectivity index (χ1) is 9.04. The number of aliphatic carboxylic acids is 1. The number of fused-ring (bicyclic) bond motifs is 1. The van der Waals surface area contributed by atoms with Crippen molar-refractivity contribution in [3.63, 3.8) is 0 Å². The molecule has 0 aliphatic rings. The number of nitrogens with zero attached hydrogens (tertiary/aromatic N) is 2. The van der Waals surface area contributed by atoms with Crippen LogP contribution in [0, 0.1) is 6.92 Å². The van der Waals surface area contributed by atoms with Crippen molar-refractivity contribution < 1.29 is 14.3 Å². The van der Waals surface area contributed by atoms with Crippen molar-refractivity contribution in [2.75, 3.05) is 13.6 Å². The van der Waals surface area contributed by atoms with Gasteiger partial charge in [-0.2, -0.15) is 0 Å². The van der Waals surface area contributed by atoms with E-state index in [2.05, 4.69) is 9.88 Å². The normalized spacial score (nSPS) is 11.3. The molecule has 1 aromatic carbocycles. The zero-order chi connectivity index (χ0) is 13.8. The van der Waals surface area contributed by atoms with Crippen molar-refractivity contribution in [3.8, 4) is 0 Å². The lowest BCUT2D eigenvalue weighted by Gasteiger charge is -2.15. The van der Waals surface area contributed by atoms with E-state index in [1.807, 2.05) is 32.2 Å². The maximum atomic E-state index is 10.5. The minimum atomic E-state index is -0.743. The number of aryl methyl sites for hydroxylation is 1. The van der Waals surface area contributed by atoms with E-state index in [0.29, 0.717) is 12.3 Å². The second-order valence-electron chi connectivity index (χ2n) is 4.77. The van der Waals surface area contributed by atoms with Crippen LogP contribution < -0.4 is 0 Å². The summed E-state index contributed by atoms with van der Waals surface area (Å²) in [5, 5.41) is 8.60. The molecule has 0 unspecified atom stereocenters. The van der Waals surface area contributed by atoms with E-state index in [-0.39, 0.29) is 6.42 Å².